The maximum Gasteiger partial charge on any atom is 0.371 e. The first kappa shape index (κ1) is 15.0. The Balaban J connectivity index is 1.90. The van der Waals surface area contributed by atoms with Crippen molar-refractivity contribution in [2.24, 2.45) is 11.8 Å². The molecule has 0 aromatic carbocycles. The summed E-state index contributed by atoms with van der Waals surface area (Å²) in [5, 5.41) is 18.7. The van der Waals surface area contributed by atoms with Gasteiger partial charge < -0.3 is 14.6 Å². The van der Waals surface area contributed by atoms with Gasteiger partial charge in [-0.3, -0.25) is 0 Å². The number of halogens is 1. The predicted octanol–water partition coefficient (Wildman–Crippen LogP) is 1.13. The molecule has 0 spiro atoms. The summed E-state index contributed by atoms with van der Waals surface area (Å²) in [6.07, 6.45) is 1.06. The first-order valence-electron chi connectivity index (χ1n) is 6.51. The van der Waals surface area contributed by atoms with Gasteiger partial charge in [0.05, 0.1) is 6.10 Å². The average Bonchev–Trinajstić information content (AvgIpc) is 3.06. The number of carboxylic acids is 1. The lowest BCUT2D eigenvalue weighted by molar-refractivity contribution is 0.0661. The number of hydrogen-bond acceptors (Lipinski definition) is 5. The minimum Gasteiger partial charge on any atom is -0.475 e. The monoisotopic (exact) mass is 379 g/mol. The number of aromatic carboxylic acids is 1. The van der Waals surface area contributed by atoms with E-state index in [4.69, 9.17) is 9.52 Å². The van der Waals surface area contributed by atoms with Gasteiger partial charge in [-0.1, -0.05) is 0 Å². The molecule has 1 aliphatic heterocycles. The van der Waals surface area contributed by atoms with Crippen LogP contribution in [0.15, 0.2) is 20.0 Å². The van der Waals surface area contributed by atoms with Crippen LogP contribution in [0.2, 0.25) is 0 Å². The van der Waals surface area contributed by atoms with Crippen LogP contribution in [0.5, 0.6) is 0 Å². The van der Waals surface area contributed by atoms with E-state index < -0.39 is 27.9 Å². The van der Waals surface area contributed by atoms with Gasteiger partial charge in [0, 0.05) is 25.1 Å². The highest BCUT2D eigenvalue weighted by atomic mass is 79.9. The van der Waals surface area contributed by atoms with Crippen molar-refractivity contribution < 1.29 is 27.8 Å². The van der Waals surface area contributed by atoms with E-state index in [2.05, 4.69) is 15.9 Å². The second kappa shape index (κ2) is 5.08. The molecule has 3 atom stereocenters. The van der Waals surface area contributed by atoms with Crippen LogP contribution in [0, 0.1) is 11.8 Å². The Morgan fingerprint density at radius 2 is 2.10 bits per heavy atom. The highest BCUT2D eigenvalue weighted by Crippen LogP contribution is 2.41. The molecule has 21 heavy (non-hydrogen) atoms. The molecule has 1 aromatic heterocycles. The molecule has 2 heterocycles. The molecule has 116 valence electrons. The SMILES string of the molecule is O=C(O)c1cc(S(=O)(=O)N2CC3CCC(O)C3C2)c(Br)o1. The number of aliphatic hydroxyl groups is 1. The van der Waals surface area contributed by atoms with Crippen molar-refractivity contribution in [2.75, 3.05) is 13.1 Å². The van der Waals surface area contributed by atoms with Crippen molar-refractivity contribution in [1.29, 1.82) is 0 Å². The summed E-state index contributed by atoms with van der Waals surface area (Å²) in [5.74, 6) is -1.63. The second-order valence-electron chi connectivity index (χ2n) is 5.44. The summed E-state index contributed by atoms with van der Waals surface area (Å²) in [5.41, 5.74) is 0. The molecular formula is C12H14BrNO6S. The van der Waals surface area contributed by atoms with Crippen LogP contribution < -0.4 is 0 Å². The Labute approximate surface area is 129 Å². The van der Waals surface area contributed by atoms with Crippen LogP contribution in [0.25, 0.3) is 0 Å². The van der Waals surface area contributed by atoms with E-state index in [9.17, 15) is 18.3 Å². The Morgan fingerprint density at radius 1 is 1.38 bits per heavy atom. The maximum atomic E-state index is 12.6. The Kier molecular flexibility index (Phi) is 3.63. The maximum absolute atomic E-state index is 12.6. The Morgan fingerprint density at radius 3 is 2.67 bits per heavy atom. The van der Waals surface area contributed by atoms with Gasteiger partial charge in [0.15, 0.2) is 4.67 Å². The highest BCUT2D eigenvalue weighted by molar-refractivity contribution is 9.10. The van der Waals surface area contributed by atoms with E-state index >= 15 is 0 Å². The predicted molar refractivity (Wildman–Crippen MR) is 74.3 cm³/mol. The molecule has 2 aliphatic rings. The van der Waals surface area contributed by atoms with E-state index in [1.165, 1.54) is 4.31 Å². The molecule has 9 heteroatoms. The largest absolute Gasteiger partial charge is 0.475 e. The minimum atomic E-state index is -3.83. The van der Waals surface area contributed by atoms with E-state index in [-0.39, 0.29) is 27.9 Å². The van der Waals surface area contributed by atoms with E-state index in [0.29, 0.717) is 13.0 Å². The lowest BCUT2D eigenvalue weighted by Crippen LogP contribution is -2.31. The zero-order valence-electron chi connectivity index (χ0n) is 10.9. The van der Waals surface area contributed by atoms with Crippen molar-refractivity contribution in [3.05, 3.63) is 16.5 Å². The fourth-order valence-electron chi connectivity index (χ4n) is 3.16. The number of furan rings is 1. The standard InChI is InChI=1S/C12H14BrNO6S/c13-11-10(3-9(20-11)12(16)17)21(18,19)14-4-6-1-2-8(15)7(6)5-14/h3,6-8,15H,1-2,4-5H2,(H,16,17). The molecular weight excluding hydrogens is 366 g/mol. The third kappa shape index (κ3) is 2.41. The molecule has 3 unspecified atom stereocenters. The van der Waals surface area contributed by atoms with Gasteiger partial charge in [0.25, 0.3) is 0 Å². The number of carbonyl (C=O) groups is 1. The molecule has 1 saturated heterocycles. The Bertz CT molecular complexity index is 684. The summed E-state index contributed by atoms with van der Waals surface area (Å²) in [4.78, 5) is 10.7. The van der Waals surface area contributed by atoms with Gasteiger partial charge in [0.1, 0.15) is 4.90 Å². The summed E-state index contributed by atoms with van der Waals surface area (Å²) in [6, 6.07) is 1.01. The molecule has 1 aromatic rings. The fraction of sp³-hybridized carbons (Fsp3) is 0.583. The normalized spacial score (nSPS) is 29.7. The minimum absolute atomic E-state index is 0.0376. The van der Waals surface area contributed by atoms with Crippen LogP contribution in [-0.2, 0) is 10.0 Å². The van der Waals surface area contributed by atoms with Crippen LogP contribution in [-0.4, -0.2) is 48.1 Å². The van der Waals surface area contributed by atoms with Gasteiger partial charge in [0.2, 0.25) is 15.8 Å². The van der Waals surface area contributed by atoms with Crippen LogP contribution in [0.1, 0.15) is 23.4 Å². The summed E-state index contributed by atoms with van der Waals surface area (Å²) in [7, 11) is -3.83. The molecule has 3 rings (SSSR count). The first-order chi connectivity index (χ1) is 9.80. The molecule has 2 fully saturated rings. The molecule has 1 aliphatic carbocycles. The zero-order chi connectivity index (χ0) is 15.4. The van der Waals surface area contributed by atoms with Crippen molar-refractivity contribution in [1.82, 2.24) is 4.31 Å². The highest BCUT2D eigenvalue weighted by Gasteiger charge is 2.46. The smallest absolute Gasteiger partial charge is 0.371 e. The lowest BCUT2D eigenvalue weighted by atomic mass is 10.00. The second-order valence-corrected chi connectivity index (χ2v) is 8.07. The summed E-state index contributed by atoms with van der Waals surface area (Å²) < 4.78 is 31.3. The van der Waals surface area contributed by atoms with Crippen LogP contribution in [0.3, 0.4) is 0 Å². The molecule has 7 nitrogen and oxygen atoms in total. The molecule has 2 N–H and O–H groups in total. The van der Waals surface area contributed by atoms with Gasteiger partial charge in [-0.2, -0.15) is 4.31 Å². The first-order valence-corrected chi connectivity index (χ1v) is 8.75. The molecule has 0 amide bonds. The fourth-order valence-corrected chi connectivity index (χ4v) is 5.60. The van der Waals surface area contributed by atoms with E-state index in [1.807, 2.05) is 0 Å². The van der Waals surface area contributed by atoms with E-state index in [0.717, 1.165) is 12.5 Å². The van der Waals surface area contributed by atoms with Crippen molar-refractivity contribution in [2.45, 2.75) is 23.8 Å². The summed E-state index contributed by atoms with van der Waals surface area (Å²) in [6.45, 7) is 0.609. The van der Waals surface area contributed by atoms with Crippen molar-refractivity contribution >= 4 is 31.9 Å². The summed E-state index contributed by atoms with van der Waals surface area (Å²) >= 11 is 2.96. The van der Waals surface area contributed by atoms with Gasteiger partial charge in [-0.05, 0) is 34.7 Å². The average molecular weight is 380 g/mol. The van der Waals surface area contributed by atoms with Crippen LogP contribution in [0.4, 0.5) is 0 Å². The quantitative estimate of drug-likeness (QED) is 0.814. The number of fused-ring (bicyclic) bond motifs is 1. The number of sulfonamides is 1. The lowest BCUT2D eigenvalue weighted by Gasteiger charge is -2.17. The number of nitrogens with zero attached hydrogens (tertiary/aromatic N) is 1. The van der Waals surface area contributed by atoms with Crippen molar-refractivity contribution in [3.8, 4) is 0 Å². The number of carboxylic acid groups (broad SMARTS) is 1. The zero-order valence-corrected chi connectivity index (χ0v) is 13.3. The van der Waals surface area contributed by atoms with Crippen molar-refractivity contribution in [3.63, 3.8) is 0 Å². The van der Waals surface area contributed by atoms with Crippen LogP contribution >= 0.6 is 15.9 Å². The molecule has 0 bridgehead atoms. The topological polar surface area (TPSA) is 108 Å². The third-order valence-corrected chi connectivity index (χ3v) is 6.96. The number of hydrogen-bond donors (Lipinski definition) is 2. The van der Waals surface area contributed by atoms with Gasteiger partial charge in [-0.15, -0.1) is 0 Å². The van der Waals surface area contributed by atoms with Gasteiger partial charge >= 0.3 is 5.97 Å². The van der Waals surface area contributed by atoms with Gasteiger partial charge in [-0.25, -0.2) is 13.2 Å². The number of rotatable bonds is 3. The molecule has 0 radical (unpaired) electrons. The third-order valence-electron chi connectivity index (χ3n) is 4.27. The number of aliphatic hydroxyl groups excluding tert-OH is 1. The van der Waals surface area contributed by atoms with E-state index in [1.54, 1.807) is 0 Å². The molecule has 1 saturated carbocycles. The Hall–Kier alpha value is -0.900.